The molecule has 1 heterocycles. The Kier molecular flexibility index (Phi) is 5.74. The number of rotatable bonds is 7. The fraction of sp³-hybridized carbons (Fsp3) is 0.190. The lowest BCUT2D eigenvalue weighted by Gasteiger charge is -2.18. The van der Waals surface area contributed by atoms with Crippen LogP contribution in [-0.4, -0.2) is 33.9 Å². The first-order chi connectivity index (χ1) is 13.5. The molecule has 0 aliphatic carbocycles. The number of hydrogen-bond donors (Lipinski definition) is 2. The van der Waals surface area contributed by atoms with Gasteiger partial charge in [-0.1, -0.05) is 42.5 Å². The third kappa shape index (κ3) is 4.20. The van der Waals surface area contributed by atoms with Crippen LogP contribution >= 0.6 is 0 Å². The Morgan fingerprint density at radius 2 is 1.82 bits per heavy atom. The number of hydrogen-bond acceptors (Lipinski definition) is 4. The van der Waals surface area contributed by atoms with Gasteiger partial charge in [0, 0.05) is 6.07 Å². The van der Waals surface area contributed by atoms with Crippen LogP contribution in [0.1, 0.15) is 34.1 Å². The largest absolute Gasteiger partial charge is 0.481 e. The van der Waals surface area contributed by atoms with Gasteiger partial charge in [-0.25, -0.2) is 4.68 Å². The molecule has 7 heteroatoms. The van der Waals surface area contributed by atoms with Crippen molar-refractivity contribution in [3.8, 4) is 11.6 Å². The maximum absolute atomic E-state index is 12.8. The Labute approximate surface area is 162 Å². The average molecular weight is 379 g/mol. The molecule has 0 saturated heterocycles. The molecule has 0 fully saturated rings. The van der Waals surface area contributed by atoms with Gasteiger partial charge in [-0.3, -0.25) is 9.59 Å². The molecule has 3 rings (SSSR count). The van der Waals surface area contributed by atoms with Gasteiger partial charge in [-0.2, -0.15) is 5.10 Å². The van der Waals surface area contributed by atoms with E-state index in [9.17, 15) is 14.7 Å². The first-order valence-corrected chi connectivity index (χ1v) is 8.77. The fourth-order valence-electron chi connectivity index (χ4n) is 3.00. The van der Waals surface area contributed by atoms with E-state index in [1.165, 1.54) is 17.9 Å². The Hall–Kier alpha value is -3.61. The van der Waals surface area contributed by atoms with Crippen molar-refractivity contribution < 1.29 is 19.4 Å². The number of amides is 1. The quantitative estimate of drug-likeness (QED) is 0.658. The van der Waals surface area contributed by atoms with Gasteiger partial charge in [-0.05, 0) is 30.2 Å². The molecule has 0 spiro atoms. The second kappa shape index (κ2) is 8.39. The highest BCUT2D eigenvalue weighted by molar-refractivity contribution is 5.93. The summed E-state index contributed by atoms with van der Waals surface area (Å²) >= 11 is 0. The summed E-state index contributed by atoms with van der Waals surface area (Å²) in [6, 6.07) is 17.5. The van der Waals surface area contributed by atoms with Gasteiger partial charge in [0.15, 0.2) is 5.69 Å². The maximum Gasteiger partial charge on any atom is 0.305 e. The Morgan fingerprint density at radius 3 is 2.46 bits per heavy atom. The van der Waals surface area contributed by atoms with Crippen LogP contribution in [0.3, 0.4) is 0 Å². The van der Waals surface area contributed by atoms with E-state index in [-0.39, 0.29) is 12.1 Å². The van der Waals surface area contributed by atoms with Crippen LogP contribution < -0.4 is 10.1 Å². The van der Waals surface area contributed by atoms with Crippen LogP contribution in [0.25, 0.3) is 5.69 Å². The molecule has 1 unspecified atom stereocenters. The number of carboxylic acids is 1. The van der Waals surface area contributed by atoms with E-state index in [4.69, 9.17) is 4.74 Å². The number of ether oxygens (including phenoxy) is 1. The van der Waals surface area contributed by atoms with Gasteiger partial charge < -0.3 is 15.2 Å². The van der Waals surface area contributed by atoms with Crippen LogP contribution in [0.4, 0.5) is 0 Å². The zero-order chi connectivity index (χ0) is 20.1. The summed E-state index contributed by atoms with van der Waals surface area (Å²) in [6.45, 7) is 1.88. The van der Waals surface area contributed by atoms with E-state index in [2.05, 4.69) is 10.4 Å². The van der Waals surface area contributed by atoms with Crippen molar-refractivity contribution in [2.45, 2.75) is 19.4 Å². The Bertz CT molecular complexity index is 982. The van der Waals surface area contributed by atoms with Crippen LogP contribution in [0, 0.1) is 6.92 Å². The number of aromatic nitrogens is 2. The van der Waals surface area contributed by atoms with Crippen molar-refractivity contribution >= 4 is 11.9 Å². The Balaban J connectivity index is 1.89. The summed E-state index contributed by atoms with van der Waals surface area (Å²) < 4.78 is 6.85. The molecule has 0 radical (unpaired) electrons. The zero-order valence-corrected chi connectivity index (χ0v) is 15.6. The number of aliphatic carboxylic acids is 1. The third-order valence-corrected chi connectivity index (χ3v) is 4.37. The molecule has 1 amide bonds. The van der Waals surface area contributed by atoms with Gasteiger partial charge in [-0.15, -0.1) is 0 Å². The summed E-state index contributed by atoms with van der Waals surface area (Å²) in [5, 5.41) is 16.4. The number of carbonyl (C=O) groups is 2. The predicted octanol–water partition coefficient (Wildman–Crippen LogP) is 3.14. The lowest BCUT2D eigenvalue weighted by molar-refractivity contribution is -0.137. The van der Waals surface area contributed by atoms with Crippen LogP contribution in [0.15, 0.2) is 60.7 Å². The smallest absolute Gasteiger partial charge is 0.305 e. The van der Waals surface area contributed by atoms with Crippen molar-refractivity contribution in [3.63, 3.8) is 0 Å². The molecule has 28 heavy (non-hydrogen) atoms. The van der Waals surface area contributed by atoms with E-state index in [1.807, 2.05) is 61.5 Å². The van der Waals surface area contributed by atoms with Crippen molar-refractivity contribution in [2.75, 3.05) is 7.11 Å². The van der Waals surface area contributed by atoms with E-state index in [0.717, 1.165) is 16.8 Å². The minimum Gasteiger partial charge on any atom is -0.481 e. The number of nitrogens with zero attached hydrogens (tertiary/aromatic N) is 2. The number of nitrogens with one attached hydrogen (secondary N) is 1. The second-order valence-electron chi connectivity index (χ2n) is 6.30. The standard InChI is InChI=1S/C21H21N3O4/c1-14-8-6-7-11-16(14)17(13-20(25)26)22-21(27)18-12-19(28-2)24(23-18)15-9-4-3-5-10-15/h3-12,17H,13H2,1-2H3,(H,22,27)(H,25,26). The average Bonchev–Trinajstić information content (AvgIpc) is 3.13. The minimum atomic E-state index is -0.999. The predicted molar refractivity (Wildman–Crippen MR) is 104 cm³/mol. The molecule has 0 saturated carbocycles. The fourth-order valence-corrected chi connectivity index (χ4v) is 3.00. The van der Waals surface area contributed by atoms with Gasteiger partial charge in [0.05, 0.1) is 25.3 Å². The van der Waals surface area contributed by atoms with Crippen molar-refractivity contribution in [2.24, 2.45) is 0 Å². The molecule has 1 aromatic heterocycles. The highest BCUT2D eigenvalue weighted by Gasteiger charge is 2.23. The number of benzene rings is 2. The molecule has 144 valence electrons. The topological polar surface area (TPSA) is 93.4 Å². The van der Waals surface area contributed by atoms with Crippen LogP contribution in [0.5, 0.6) is 5.88 Å². The van der Waals surface area contributed by atoms with Crippen molar-refractivity contribution in [1.29, 1.82) is 0 Å². The van der Waals surface area contributed by atoms with Crippen LogP contribution in [0.2, 0.25) is 0 Å². The number of carbonyl (C=O) groups excluding carboxylic acids is 1. The van der Waals surface area contributed by atoms with Crippen molar-refractivity contribution in [1.82, 2.24) is 15.1 Å². The van der Waals surface area contributed by atoms with E-state index < -0.39 is 17.9 Å². The number of para-hydroxylation sites is 1. The van der Waals surface area contributed by atoms with Gasteiger partial charge >= 0.3 is 5.97 Å². The van der Waals surface area contributed by atoms with Gasteiger partial charge in [0.25, 0.3) is 5.91 Å². The monoisotopic (exact) mass is 379 g/mol. The number of aryl methyl sites for hydroxylation is 1. The molecule has 0 aliphatic rings. The first-order valence-electron chi connectivity index (χ1n) is 8.77. The molecule has 2 aromatic carbocycles. The van der Waals surface area contributed by atoms with Crippen LogP contribution in [-0.2, 0) is 4.79 Å². The minimum absolute atomic E-state index is 0.143. The highest BCUT2D eigenvalue weighted by atomic mass is 16.5. The molecule has 7 nitrogen and oxygen atoms in total. The number of carboxylic acid groups (broad SMARTS) is 1. The zero-order valence-electron chi connectivity index (χ0n) is 15.6. The van der Waals surface area contributed by atoms with Crippen molar-refractivity contribution in [3.05, 3.63) is 77.5 Å². The molecular weight excluding hydrogens is 358 g/mol. The molecule has 0 bridgehead atoms. The summed E-state index contributed by atoms with van der Waals surface area (Å²) in [5.74, 6) is -1.06. The lowest BCUT2D eigenvalue weighted by Crippen LogP contribution is -2.31. The first kappa shape index (κ1) is 19.2. The summed E-state index contributed by atoms with van der Waals surface area (Å²) in [6.07, 6.45) is -0.229. The normalized spacial score (nSPS) is 11.6. The molecule has 2 N–H and O–H groups in total. The van der Waals surface area contributed by atoms with E-state index in [0.29, 0.717) is 5.88 Å². The molecule has 0 aliphatic heterocycles. The lowest BCUT2D eigenvalue weighted by atomic mass is 9.98. The SMILES string of the molecule is COc1cc(C(=O)NC(CC(=O)O)c2ccccc2C)nn1-c1ccccc1. The van der Waals surface area contributed by atoms with E-state index >= 15 is 0 Å². The summed E-state index contributed by atoms with van der Waals surface area (Å²) in [4.78, 5) is 24.1. The number of methoxy groups -OCH3 is 1. The molecule has 1 atom stereocenters. The molecule has 3 aromatic rings. The maximum atomic E-state index is 12.8. The van der Waals surface area contributed by atoms with Gasteiger partial charge in [0.1, 0.15) is 0 Å². The second-order valence-corrected chi connectivity index (χ2v) is 6.30. The Morgan fingerprint density at radius 1 is 1.14 bits per heavy atom. The van der Waals surface area contributed by atoms with E-state index in [1.54, 1.807) is 0 Å². The highest BCUT2D eigenvalue weighted by Crippen LogP contribution is 2.23. The summed E-state index contributed by atoms with van der Waals surface area (Å²) in [7, 11) is 1.50. The molecular formula is C21H21N3O4. The van der Waals surface area contributed by atoms with Gasteiger partial charge in [0.2, 0.25) is 5.88 Å². The third-order valence-electron chi connectivity index (χ3n) is 4.37. The summed E-state index contributed by atoms with van der Waals surface area (Å²) in [5.41, 5.74) is 2.55.